The molecule has 0 bridgehead atoms. The van der Waals surface area contributed by atoms with Crippen molar-refractivity contribution < 1.29 is 4.79 Å². The van der Waals surface area contributed by atoms with Crippen LogP contribution in [0.3, 0.4) is 0 Å². The van der Waals surface area contributed by atoms with E-state index in [0.29, 0.717) is 16.3 Å². The number of carbonyl (C=O) groups is 1. The van der Waals surface area contributed by atoms with E-state index in [4.69, 9.17) is 11.6 Å². The minimum Gasteiger partial charge on any atom is -0.287 e. The van der Waals surface area contributed by atoms with Gasteiger partial charge in [0, 0.05) is 11.8 Å². The van der Waals surface area contributed by atoms with Crippen LogP contribution in [0.5, 0.6) is 0 Å². The van der Waals surface area contributed by atoms with Gasteiger partial charge in [0.1, 0.15) is 5.69 Å². The number of aromatic nitrogens is 1. The molecule has 98 valence electrons. The second-order valence-electron chi connectivity index (χ2n) is 5.52. The maximum absolute atomic E-state index is 12.2. The molecule has 0 aliphatic rings. The number of ketones is 1. The van der Waals surface area contributed by atoms with Crippen molar-refractivity contribution >= 4 is 17.4 Å². The summed E-state index contributed by atoms with van der Waals surface area (Å²) in [5.41, 5.74) is 2.34. The summed E-state index contributed by atoms with van der Waals surface area (Å²) < 4.78 is 0. The Bertz CT molecular complexity index is 580. The minimum absolute atomic E-state index is 0.0834. The Morgan fingerprint density at radius 2 is 1.68 bits per heavy atom. The van der Waals surface area contributed by atoms with E-state index < -0.39 is 0 Å². The Labute approximate surface area is 118 Å². The van der Waals surface area contributed by atoms with Crippen molar-refractivity contribution in [1.82, 2.24) is 4.98 Å². The Kier molecular flexibility index (Phi) is 3.72. The summed E-state index contributed by atoms with van der Waals surface area (Å²) in [5, 5.41) is 0.527. The van der Waals surface area contributed by atoms with Crippen molar-refractivity contribution in [3.63, 3.8) is 0 Å². The van der Waals surface area contributed by atoms with Crippen LogP contribution in [0.4, 0.5) is 0 Å². The van der Waals surface area contributed by atoms with Gasteiger partial charge in [-0.2, -0.15) is 0 Å². The molecule has 0 unspecified atom stereocenters. The van der Waals surface area contributed by atoms with Gasteiger partial charge in [0.15, 0.2) is 0 Å². The fourth-order valence-corrected chi connectivity index (χ4v) is 1.89. The lowest BCUT2D eigenvalue weighted by atomic mass is 9.86. The SMILES string of the molecule is CC(C)(C)c1ccc(C(=O)c2ccc(Cl)cn2)cc1. The van der Waals surface area contributed by atoms with Crippen LogP contribution in [0.15, 0.2) is 42.6 Å². The zero-order valence-electron chi connectivity index (χ0n) is 11.3. The van der Waals surface area contributed by atoms with E-state index >= 15 is 0 Å². The molecule has 1 heterocycles. The molecule has 2 rings (SSSR count). The number of nitrogens with zero attached hydrogens (tertiary/aromatic N) is 1. The van der Waals surface area contributed by atoms with Crippen LogP contribution in [-0.4, -0.2) is 10.8 Å². The van der Waals surface area contributed by atoms with Gasteiger partial charge in [-0.05, 0) is 23.1 Å². The van der Waals surface area contributed by atoms with Gasteiger partial charge in [0.25, 0.3) is 0 Å². The molecular weight excluding hydrogens is 258 g/mol. The molecule has 0 saturated heterocycles. The van der Waals surface area contributed by atoms with Crippen molar-refractivity contribution in [3.05, 3.63) is 64.4 Å². The molecule has 0 saturated carbocycles. The average Bonchev–Trinajstić information content (AvgIpc) is 2.38. The molecule has 0 aliphatic heterocycles. The lowest BCUT2D eigenvalue weighted by Crippen LogP contribution is -2.11. The van der Waals surface area contributed by atoms with Crippen molar-refractivity contribution in [2.45, 2.75) is 26.2 Å². The third kappa shape index (κ3) is 3.21. The molecule has 0 spiro atoms. The van der Waals surface area contributed by atoms with Crippen LogP contribution in [0.2, 0.25) is 5.02 Å². The maximum atomic E-state index is 12.2. The summed E-state index contributed by atoms with van der Waals surface area (Å²) in [6, 6.07) is 11.0. The van der Waals surface area contributed by atoms with Gasteiger partial charge in [0.05, 0.1) is 5.02 Å². The number of hydrogen-bond acceptors (Lipinski definition) is 2. The van der Waals surface area contributed by atoms with Crippen LogP contribution < -0.4 is 0 Å². The van der Waals surface area contributed by atoms with Crippen molar-refractivity contribution in [1.29, 1.82) is 0 Å². The van der Waals surface area contributed by atoms with Crippen LogP contribution in [0.1, 0.15) is 42.4 Å². The van der Waals surface area contributed by atoms with Gasteiger partial charge in [-0.1, -0.05) is 56.6 Å². The quantitative estimate of drug-likeness (QED) is 0.765. The third-order valence-electron chi connectivity index (χ3n) is 2.97. The number of hydrogen-bond donors (Lipinski definition) is 0. The average molecular weight is 274 g/mol. The Morgan fingerprint density at radius 1 is 1.05 bits per heavy atom. The van der Waals surface area contributed by atoms with Gasteiger partial charge in [0.2, 0.25) is 5.78 Å². The zero-order valence-corrected chi connectivity index (χ0v) is 12.0. The second-order valence-corrected chi connectivity index (χ2v) is 5.95. The van der Waals surface area contributed by atoms with Crippen LogP contribution in [0.25, 0.3) is 0 Å². The fraction of sp³-hybridized carbons (Fsp3) is 0.250. The highest BCUT2D eigenvalue weighted by atomic mass is 35.5. The molecule has 0 aliphatic carbocycles. The summed E-state index contributed by atoms with van der Waals surface area (Å²) in [6.07, 6.45) is 1.48. The predicted molar refractivity (Wildman–Crippen MR) is 77.8 cm³/mol. The van der Waals surface area contributed by atoms with E-state index in [0.717, 1.165) is 0 Å². The molecule has 2 nitrogen and oxygen atoms in total. The number of pyridine rings is 1. The normalized spacial score (nSPS) is 11.4. The van der Waals surface area contributed by atoms with E-state index in [9.17, 15) is 4.79 Å². The molecule has 19 heavy (non-hydrogen) atoms. The van der Waals surface area contributed by atoms with E-state index in [2.05, 4.69) is 25.8 Å². The summed E-state index contributed by atoms with van der Waals surface area (Å²) in [6.45, 7) is 6.43. The van der Waals surface area contributed by atoms with Gasteiger partial charge < -0.3 is 0 Å². The van der Waals surface area contributed by atoms with E-state index in [-0.39, 0.29) is 11.2 Å². The molecule has 0 atom stereocenters. The standard InChI is InChI=1S/C16H16ClNO/c1-16(2,3)12-6-4-11(5-7-12)15(19)14-9-8-13(17)10-18-14/h4-10H,1-3H3. The van der Waals surface area contributed by atoms with Crippen molar-refractivity contribution in [3.8, 4) is 0 Å². The van der Waals surface area contributed by atoms with Gasteiger partial charge in [-0.25, -0.2) is 0 Å². The monoisotopic (exact) mass is 273 g/mol. The lowest BCUT2D eigenvalue weighted by Gasteiger charge is -2.18. The molecule has 2 aromatic rings. The summed E-state index contributed by atoms with van der Waals surface area (Å²) in [4.78, 5) is 16.3. The number of benzene rings is 1. The first-order valence-electron chi connectivity index (χ1n) is 6.15. The molecular formula is C16H16ClNO. The number of halogens is 1. The highest BCUT2D eigenvalue weighted by Crippen LogP contribution is 2.22. The van der Waals surface area contributed by atoms with Crippen LogP contribution >= 0.6 is 11.6 Å². The van der Waals surface area contributed by atoms with Gasteiger partial charge >= 0.3 is 0 Å². The molecule has 0 fully saturated rings. The second kappa shape index (κ2) is 5.14. The summed E-state index contributed by atoms with van der Waals surface area (Å²) in [7, 11) is 0. The lowest BCUT2D eigenvalue weighted by molar-refractivity contribution is 0.103. The largest absolute Gasteiger partial charge is 0.287 e. The van der Waals surface area contributed by atoms with E-state index in [1.165, 1.54) is 11.8 Å². The van der Waals surface area contributed by atoms with E-state index in [1.54, 1.807) is 12.1 Å². The van der Waals surface area contributed by atoms with Gasteiger partial charge in [-0.15, -0.1) is 0 Å². The highest BCUT2D eigenvalue weighted by molar-refractivity contribution is 6.30. The molecule has 0 radical (unpaired) electrons. The minimum atomic E-state index is -0.0860. The first-order chi connectivity index (χ1) is 8.88. The number of carbonyl (C=O) groups excluding carboxylic acids is 1. The van der Waals surface area contributed by atoms with Crippen molar-refractivity contribution in [2.24, 2.45) is 0 Å². The zero-order chi connectivity index (χ0) is 14.0. The Hall–Kier alpha value is -1.67. The number of rotatable bonds is 2. The third-order valence-corrected chi connectivity index (χ3v) is 3.20. The maximum Gasteiger partial charge on any atom is 0.211 e. The summed E-state index contributed by atoms with van der Waals surface area (Å²) >= 11 is 5.76. The van der Waals surface area contributed by atoms with Crippen molar-refractivity contribution in [2.75, 3.05) is 0 Å². The highest BCUT2D eigenvalue weighted by Gasteiger charge is 2.15. The fourth-order valence-electron chi connectivity index (χ4n) is 1.78. The Balaban J connectivity index is 2.27. The smallest absolute Gasteiger partial charge is 0.211 e. The topological polar surface area (TPSA) is 30.0 Å². The molecule has 0 amide bonds. The first-order valence-corrected chi connectivity index (χ1v) is 6.52. The van der Waals surface area contributed by atoms with E-state index in [1.807, 2.05) is 24.3 Å². The summed E-state index contributed by atoms with van der Waals surface area (Å²) in [5.74, 6) is -0.0860. The molecule has 3 heteroatoms. The van der Waals surface area contributed by atoms with Crippen LogP contribution in [-0.2, 0) is 5.41 Å². The Morgan fingerprint density at radius 3 is 2.16 bits per heavy atom. The predicted octanol–water partition coefficient (Wildman–Crippen LogP) is 4.26. The molecule has 1 aromatic heterocycles. The first kappa shape index (κ1) is 13.8. The molecule has 1 aromatic carbocycles. The van der Waals surface area contributed by atoms with Crippen LogP contribution in [0, 0.1) is 0 Å². The van der Waals surface area contributed by atoms with Gasteiger partial charge in [-0.3, -0.25) is 9.78 Å². The molecule has 0 N–H and O–H groups in total.